The number of rotatable bonds is 6. The maximum Gasteiger partial charge on any atom is 0.174 e. The van der Waals surface area contributed by atoms with Crippen molar-refractivity contribution < 1.29 is 4.79 Å². The Hall–Kier alpha value is -1.77. The number of nitrogens with zero attached hydrogens (tertiary/aromatic N) is 3. The molecule has 94 valence electrons. The molecule has 4 nitrogen and oxygen atoms in total. The van der Waals surface area contributed by atoms with Gasteiger partial charge in [-0.15, -0.1) is 0 Å². The molecule has 0 atom stereocenters. The van der Waals surface area contributed by atoms with E-state index in [1.54, 1.807) is 30.3 Å². The summed E-state index contributed by atoms with van der Waals surface area (Å²) in [7, 11) is 0. The van der Waals surface area contributed by atoms with E-state index in [-0.39, 0.29) is 10.8 Å². The summed E-state index contributed by atoms with van der Waals surface area (Å²) in [6.45, 7) is 2.03. The Morgan fingerprint density at radius 1 is 1.44 bits per heavy atom. The molecule has 1 aromatic rings. The van der Waals surface area contributed by atoms with Crippen LogP contribution in [-0.4, -0.2) is 5.78 Å². The van der Waals surface area contributed by atoms with Crippen LogP contribution in [0.3, 0.4) is 0 Å². The first-order chi connectivity index (χ1) is 8.67. The van der Waals surface area contributed by atoms with Crippen LogP contribution >= 0.6 is 11.6 Å². The van der Waals surface area contributed by atoms with Crippen LogP contribution in [0.2, 0.25) is 0 Å². The summed E-state index contributed by atoms with van der Waals surface area (Å²) in [6.07, 6.45) is 3.91. The van der Waals surface area contributed by atoms with E-state index in [0.29, 0.717) is 12.1 Å². The molecule has 0 aliphatic heterocycles. The van der Waals surface area contributed by atoms with Gasteiger partial charge in [0.1, 0.15) is 0 Å². The molecule has 0 N–H and O–H groups in total. The van der Waals surface area contributed by atoms with Gasteiger partial charge in [-0.1, -0.05) is 54.3 Å². The highest BCUT2D eigenvalue weighted by Crippen LogP contribution is 2.18. The smallest absolute Gasteiger partial charge is 0.174 e. The normalized spacial score (nSPS) is 10.9. The molecule has 0 saturated heterocycles. The van der Waals surface area contributed by atoms with Crippen molar-refractivity contribution >= 4 is 29.1 Å². The lowest BCUT2D eigenvalue weighted by Gasteiger charge is -1.99. The summed E-state index contributed by atoms with van der Waals surface area (Å²) in [5.74, 6) is -0.0439. The van der Waals surface area contributed by atoms with Gasteiger partial charge in [0.25, 0.3) is 0 Å². The first kappa shape index (κ1) is 14.3. The second-order valence-electron chi connectivity index (χ2n) is 3.80. The third kappa shape index (κ3) is 4.62. The predicted molar refractivity (Wildman–Crippen MR) is 73.6 cm³/mol. The number of Topliss-reactive ketones (excluding diaryl/α,β-unsaturated/α-hetero) is 1. The number of hydrogen-bond acceptors (Lipinski definition) is 2. The quantitative estimate of drug-likeness (QED) is 0.309. The van der Waals surface area contributed by atoms with E-state index in [9.17, 15) is 4.79 Å². The van der Waals surface area contributed by atoms with Gasteiger partial charge >= 0.3 is 0 Å². The molecule has 0 spiro atoms. The number of ketones is 1. The number of unbranched alkanes of at least 4 members (excludes halogenated alkanes) is 1. The number of azide groups is 1. The van der Waals surface area contributed by atoms with Crippen LogP contribution in [-0.2, 0) is 4.79 Å². The Morgan fingerprint density at radius 3 is 2.67 bits per heavy atom. The zero-order valence-corrected chi connectivity index (χ0v) is 10.9. The van der Waals surface area contributed by atoms with Crippen molar-refractivity contribution in [3.05, 3.63) is 45.3 Å². The van der Waals surface area contributed by atoms with E-state index in [1.165, 1.54) is 0 Å². The first-order valence-electron chi connectivity index (χ1n) is 5.73. The molecule has 0 amide bonds. The second-order valence-corrected chi connectivity index (χ2v) is 4.21. The Bertz CT molecular complexity index is 487. The third-order valence-corrected chi connectivity index (χ3v) is 2.69. The fourth-order valence-electron chi connectivity index (χ4n) is 1.37. The van der Waals surface area contributed by atoms with E-state index in [4.69, 9.17) is 17.1 Å². The maximum atomic E-state index is 11.6. The minimum Gasteiger partial charge on any atom is -0.293 e. The zero-order valence-electron chi connectivity index (χ0n) is 10.1. The molecule has 0 bridgehead atoms. The molecule has 1 rings (SSSR count). The fourth-order valence-corrected chi connectivity index (χ4v) is 1.59. The summed E-state index contributed by atoms with van der Waals surface area (Å²) >= 11 is 5.93. The standard InChI is InChI=1S/C13H14ClN3O/c1-2-3-4-13(18)12(14)9-10-5-7-11(8-6-10)16-17-15/h5-9H,2-4H2,1H3. The third-order valence-electron chi connectivity index (χ3n) is 2.37. The first-order valence-corrected chi connectivity index (χ1v) is 6.10. The summed E-state index contributed by atoms with van der Waals surface area (Å²) in [4.78, 5) is 14.3. The Kier molecular flexibility index (Phi) is 5.98. The van der Waals surface area contributed by atoms with E-state index in [0.717, 1.165) is 18.4 Å². The number of carbonyl (C=O) groups excluding carboxylic acids is 1. The summed E-state index contributed by atoms with van der Waals surface area (Å²) in [5, 5.41) is 3.70. The second kappa shape index (κ2) is 7.54. The Morgan fingerprint density at radius 2 is 2.11 bits per heavy atom. The highest BCUT2D eigenvalue weighted by Gasteiger charge is 2.05. The van der Waals surface area contributed by atoms with Gasteiger partial charge in [0, 0.05) is 17.0 Å². The molecule has 0 aliphatic rings. The monoisotopic (exact) mass is 263 g/mol. The van der Waals surface area contributed by atoms with Crippen molar-refractivity contribution in [3.63, 3.8) is 0 Å². The molecular weight excluding hydrogens is 250 g/mol. The molecule has 0 aliphatic carbocycles. The van der Waals surface area contributed by atoms with Crippen LogP contribution in [0.1, 0.15) is 31.7 Å². The Labute approximate surface area is 111 Å². The lowest BCUT2D eigenvalue weighted by atomic mass is 10.1. The van der Waals surface area contributed by atoms with Gasteiger partial charge in [-0.3, -0.25) is 4.79 Å². The van der Waals surface area contributed by atoms with Gasteiger partial charge < -0.3 is 0 Å². The van der Waals surface area contributed by atoms with Crippen LogP contribution in [0.25, 0.3) is 16.5 Å². The molecule has 18 heavy (non-hydrogen) atoms. The largest absolute Gasteiger partial charge is 0.293 e. The fraction of sp³-hybridized carbons (Fsp3) is 0.308. The average molecular weight is 264 g/mol. The molecule has 0 unspecified atom stereocenters. The molecule has 0 radical (unpaired) electrons. The molecular formula is C13H14ClN3O. The van der Waals surface area contributed by atoms with Gasteiger partial charge in [-0.05, 0) is 23.6 Å². The number of hydrogen-bond donors (Lipinski definition) is 0. The van der Waals surface area contributed by atoms with Gasteiger partial charge in [0.15, 0.2) is 5.78 Å². The van der Waals surface area contributed by atoms with E-state index >= 15 is 0 Å². The van der Waals surface area contributed by atoms with Crippen LogP contribution in [0.15, 0.2) is 34.4 Å². The Balaban J connectivity index is 2.75. The summed E-state index contributed by atoms with van der Waals surface area (Å²) in [5.41, 5.74) is 9.61. The van der Waals surface area contributed by atoms with Crippen molar-refractivity contribution in [2.45, 2.75) is 26.2 Å². The molecule has 1 aromatic carbocycles. The van der Waals surface area contributed by atoms with Crippen molar-refractivity contribution in [2.24, 2.45) is 5.11 Å². The molecule has 0 saturated carbocycles. The molecule has 0 heterocycles. The molecule has 0 aromatic heterocycles. The topological polar surface area (TPSA) is 65.8 Å². The minimum atomic E-state index is -0.0439. The van der Waals surface area contributed by atoms with Crippen LogP contribution in [0.4, 0.5) is 5.69 Å². The molecule has 5 heteroatoms. The van der Waals surface area contributed by atoms with Crippen LogP contribution < -0.4 is 0 Å². The number of halogens is 1. The van der Waals surface area contributed by atoms with Crippen molar-refractivity contribution in [3.8, 4) is 0 Å². The maximum absolute atomic E-state index is 11.6. The number of benzene rings is 1. The number of allylic oxidation sites excluding steroid dienone is 1. The highest BCUT2D eigenvalue weighted by atomic mass is 35.5. The van der Waals surface area contributed by atoms with Gasteiger partial charge in [-0.25, -0.2) is 0 Å². The van der Waals surface area contributed by atoms with Crippen molar-refractivity contribution in [1.82, 2.24) is 0 Å². The van der Waals surface area contributed by atoms with Crippen molar-refractivity contribution in [2.75, 3.05) is 0 Å². The van der Waals surface area contributed by atoms with E-state index in [1.807, 2.05) is 6.92 Å². The van der Waals surface area contributed by atoms with Crippen LogP contribution in [0.5, 0.6) is 0 Å². The van der Waals surface area contributed by atoms with E-state index < -0.39 is 0 Å². The van der Waals surface area contributed by atoms with Crippen molar-refractivity contribution in [1.29, 1.82) is 0 Å². The highest BCUT2D eigenvalue weighted by molar-refractivity contribution is 6.44. The van der Waals surface area contributed by atoms with Gasteiger partial charge in [0.05, 0.1) is 5.03 Å². The predicted octanol–water partition coefficient (Wildman–Crippen LogP) is 4.97. The minimum absolute atomic E-state index is 0.0439. The van der Waals surface area contributed by atoms with Gasteiger partial charge in [0.2, 0.25) is 0 Å². The lowest BCUT2D eigenvalue weighted by molar-refractivity contribution is -0.115. The summed E-state index contributed by atoms with van der Waals surface area (Å²) < 4.78 is 0. The SMILES string of the molecule is CCCCC(=O)C(Cl)=Cc1ccc(N=[N+]=[N-])cc1. The summed E-state index contributed by atoms with van der Waals surface area (Å²) in [6, 6.07) is 6.84. The van der Waals surface area contributed by atoms with Crippen LogP contribution in [0, 0.1) is 0 Å². The average Bonchev–Trinajstić information content (AvgIpc) is 2.38. The zero-order chi connectivity index (χ0) is 13.4. The van der Waals surface area contributed by atoms with Gasteiger partial charge in [-0.2, -0.15) is 0 Å². The van der Waals surface area contributed by atoms with E-state index in [2.05, 4.69) is 10.0 Å². The number of carbonyl (C=O) groups is 1. The lowest BCUT2D eigenvalue weighted by Crippen LogP contribution is -1.96. The molecule has 0 fully saturated rings.